The zero-order valence-electron chi connectivity index (χ0n) is 12.7. The highest BCUT2D eigenvalue weighted by Gasteiger charge is 2.06. The smallest absolute Gasteiger partial charge is 0.257 e. The summed E-state index contributed by atoms with van der Waals surface area (Å²) in [5.74, 6) is 0.509. The second kappa shape index (κ2) is 6.70. The van der Waals surface area contributed by atoms with Crippen molar-refractivity contribution in [2.45, 2.75) is 6.92 Å². The summed E-state index contributed by atoms with van der Waals surface area (Å²) in [7, 11) is 0. The number of pyridine rings is 2. The van der Waals surface area contributed by atoms with Gasteiger partial charge in [0.05, 0.1) is 17.4 Å². The number of aromatic nitrogens is 2. The Balaban J connectivity index is 1.66. The normalized spacial score (nSPS) is 10.1. The van der Waals surface area contributed by atoms with Crippen molar-refractivity contribution in [3.05, 3.63) is 78.2 Å². The Bertz CT molecular complexity index is 801. The van der Waals surface area contributed by atoms with Crippen molar-refractivity contribution in [2.24, 2.45) is 0 Å². The maximum Gasteiger partial charge on any atom is 0.257 e. The monoisotopic (exact) mass is 304 g/mol. The first-order valence-corrected chi connectivity index (χ1v) is 7.22. The maximum atomic E-state index is 12.0. The van der Waals surface area contributed by atoms with Gasteiger partial charge in [0.15, 0.2) is 0 Å². The van der Waals surface area contributed by atoms with Gasteiger partial charge in [-0.15, -0.1) is 0 Å². The molecular weight excluding hydrogens is 288 g/mol. The van der Waals surface area contributed by atoms with Crippen molar-refractivity contribution < 1.29 is 4.79 Å². The molecule has 2 aromatic heterocycles. The lowest BCUT2D eigenvalue weighted by atomic mass is 10.2. The van der Waals surface area contributed by atoms with E-state index in [4.69, 9.17) is 0 Å². The maximum absolute atomic E-state index is 12.0. The molecule has 0 spiro atoms. The Morgan fingerprint density at radius 2 is 1.91 bits per heavy atom. The van der Waals surface area contributed by atoms with Crippen molar-refractivity contribution in [3.63, 3.8) is 0 Å². The van der Waals surface area contributed by atoms with Crippen LogP contribution in [-0.2, 0) is 0 Å². The molecule has 3 rings (SSSR count). The van der Waals surface area contributed by atoms with Gasteiger partial charge in [0.25, 0.3) is 5.91 Å². The molecule has 5 nitrogen and oxygen atoms in total. The molecule has 2 heterocycles. The van der Waals surface area contributed by atoms with E-state index in [2.05, 4.69) is 20.6 Å². The Hall–Kier alpha value is -3.21. The molecule has 1 aromatic carbocycles. The Morgan fingerprint density at radius 1 is 1.00 bits per heavy atom. The Morgan fingerprint density at radius 3 is 2.61 bits per heavy atom. The minimum Gasteiger partial charge on any atom is -0.340 e. The molecule has 0 aliphatic rings. The van der Waals surface area contributed by atoms with Crippen LogP contribution < -0.4 is 10.6 Å². The van der Waals surface area contributed by atoms with Gasteiger partial charge in [-0.3, -0.25) is 9.78 Å². The van der Waals surface area contributed by atoms with Crippen LogP contribution in [0.1, 0.15) is 15.9 Å². The molecule has 0 bridgehead atoms. The van der Waals surface area contributed by atoms with Gasteiger partial charge < -0.3 is 10.6 Å². The molecule has 1 amide bonds. The van der Waals surface area contributed by atoms with Gasteiger partial charge in [-0.05, 0) is 48.9 Å². The van der Waals surface area contributed by atoms with Gasteiger partial charge in [0, 0.05) is 18.1 Å². The van der Waals surface area contributed by atoms with Gasteiger partial charge >= 0.3 is 0 Å². The van der Waals surface area contributed by atoms with E-state index >= 15 is 0 Å². The average Bonchev–Trinajstić information content (AvgIpc) is 2.57. The highest BCUT2D eigenvalue weighted by molar-refractivity contribution is 6.03. The Kier molecular flexibility index (Phi) is 4.29. The van der Waals surface area contributed by atoms with Crippen LogP contribution >= 0.6 is 0 Å². The molecule has 0 saturated heterocycles. The Labute approximate surface area is 134 Å². The van der Waals surface area contributed by atoms with Crippen molar-refractivity contribution in [3.8, 4) is 0 Å². The molecule has 0 aliphatic carbocycles. The summed E-state index contributed by atoms with van der Waals surface area (Å²) in [5.41, 5.74) is 3.29. The quantitative estimate of drug-likeness (QED) is 0.769. The van der Waals surface area contributed by atoms with Crippen LogP contribution in [0, 0.1) is 6.92 Å². The highest BCUT2D eigenvalue weighted by Crippen LogP contribution is 2.17. The summed E-state index contributed by atoms with van der Waals surface area (Å²) in [6.07, 6.45) is 4.77. The molecule has 0 unspecified atom stereocenters. The van der Waals surface area contributed by atoms with Crippen LogP contribution in [-0.4, -0.2) is 15.9 Å². The van der Waals surface area contributed by atoms with Crippen LogP contribution in [0.4, 0.5) is 17.2 Å². The molecule has 0 saturated carbocycles. The summed E-state index contributed by atoms with van der Waals surface area (Å²) in [5, 5.41) is 6.01. The predicted molar refractivity (Wildman–Crippen MR) is 90.9 cm³/mol. The first-order chi connectivity index (χ1) is 11.2. The van der Waals surface area contributed by atoms with E-state index in [1.807, 2.05) is 37.3 Å². The van der Waals surface area contributed by atoms with E-state index in [1.165, 1.54) is 11.8 Å². The lowest BCUT2D eigenvalue weighted by Gasteiger charge is -2.08. The number of nitrogens with zero attached hydrogens (tertiary/aromatic N) is 2. The minimum atomic E-state index is -0.209. The minimum absolute atomic E-state index is 0.209. The van der Waals surface area contributed by atoms with Gasteiger partial charge in [-0.25, -0.2) is 4.98 Å². The molecule has 114 valence electrons. The van der Waals surface area contributed by atoms with Crippen molar-refractivity contribution in [1.29, 1.82) is 0 Å². The summed E-state index contributed by atoms with van der Waals surface area (Å²) < 4.78 is 0. The zero-order valence-corrected chi connectivity index (χ0v) is 12.7. The molecule has 3 aromatic rings. The third-order valence-electron chi connectivity index (χ3n) is 3.24. The second-order valence-corrected chi connectivity index (χ2v) is 5.12. The molecule has 5 heteroatoms. The van der Waals surface area contributed by atoms with E-state index in [0.29, 0.717) is 11.3 Å². The third-order valence-corrected chi connectivity index (χ3v) is 3.24. The fraction of sp³-hybridized carbons (Fsp3) is 0.0556. The van der Waals surface area contributed by atoms with Crippen molar-refractivity contribution in [1.82, 2.24) is 9.97 Å². The fourth-order valence-corrected chi connectivity index (χ4v) is 2.11. The number of hydrogen-bond acceptors (Lipinski definition) is 4. The van der Waals surface area contributed by atoms with E-state index in [9.17, 15) is 4.79 Å². The third kappa shape index (κ3) is 3.91. The zero-order chi connectivity index (χ0) is 16.1. The fourth-order valence-electron chi connectivity index (χ4n) is 2.11. The molecule has 0 radical (unpaired) electrons. The van der Waals surface area contributed by atoms with Crippen LogP contribution in [0.2, 0.25) is 0 Å². The van der Waals surface area contributed by atoms with Crippen LogP contribution in [0.25, 0.3) is 0 Å². The molecular formula is C18H16N4O. The number of carbonyl (C=O) groups is 1. The van der Waals surface area contributed by atoms with Crippen LogP contribution in [0.3, 0.4) is 0 Å². The summed E-state index contributed by atoms with van der Waals surface area (Å²) in [6, 6.07) is 15.1. The standard InChI is InChI=1S/C18H16N4O/c1-13-4-2-6-15(10-13)21-17-8-7-16(12-20-17)22-18(23)14-5-3-9-19-11-14/h2-12H,1H3,(H,20,21)(H,22,23). The van der Waals surface area contributed by atoms with Gasteiger partial charge in [-0.2, -0.15) is 0 Å². The number of anilines is 3. The average molecular weight is 304 g/mol. The van der Waals surface area contributed by atoms with Crippen LogP contribution in [0.5, 0.6) is 0 Å². The number of rotatable bonds is 4. The second-order valence-electron chi connectivity index (χ2n) is 5.12. The predicted octanol–water partition coefficient (Wildman–Crippen LogP) is 3.78. The SMILES string of the molecule is Cc1cccc(Nc2ccc(NC(=O)c3cccnc3)cn2)c1. The number of hydrogen-bond donors (Lipinski definition) is 2. The lowest BCUT2D eigenvalue weighted by molar-refractivity contribution is 0.102. The highest BCUT2D eigenvalue weighted by atomic mass is 16.1. The molecule has 0 aliphatic heterocycles. The molecule has 0 fully saturated rings. The first-order valence-electron chi connectivity index (χ1n) is 7.22. The van der Waals surface area contributed by atoms with Gasteiger partial charge in [-0.1, -0.05) is 12.1 Å². The number of nitrogens with one attached hydrogen (secondary N) is 2. The van der Waals surface area contributed by atoms with E-state index in [1.54, 1.807) is 30.6 Å². The number of carbonyl (C=O) groups excluding carboxylic acids is 1. The topological polar surface area (TPSA) is 66.9 Å². The van der Waals surface area contributed by atoms with Gasteiger partial charge in [0.1, 0.15) is 5.82 Å². The summed E-state index contributed by atoms with van der Waals surface area (Å²) >= 11 is 0. The first kappa shape index (κ1) is 14.7. The van der Waals surface area contributed by atoms with E-state index < -0.39 is 0 Å². The number of amides is 1. The van der Waals surface area contributed by atoms with Crippen LogP contribution in [0.15, 0.2) is 67.1 Å². The summed E-state index contributed by atoms with van der Waals surface area (Å²) in [6.45, 7) is 2.04. The number of benzene rings is 1. The lowest BCUT2D eigenvalue weighted by Crippen LogP contribution is -2.12. The summed E-state index contributed by atoms with van der Waals surface area (Å²) in [4.78, 5) is 20.3. The molecule has 2 N–H and O–H groups in total. The van der Waals surface area contributed by atoms with Gasteiger partial charge in [0.2, 0.25) is 0 Å². The largest absolute Gasteiger partial charge is 0.340 e. The number of aryl methyl sites for hydroxylation is 1. The molecule has 0 atom stereocenters. The van der Waals surface area contributed by atoms with E-state index in [-0.39, 0.29) is 5.91 Å². The van der Waals surface area contributed by atoms with Crippen molar-refractivity contribution >= 4 is 23.1 Å². The molecule has 23 heavy (non-hydrogen) atoms. The van der Waals surface area contributed by atoms with E-state index in [0.717, 1.165) is 11.5 Å². The van der Waals surface area contributed by atoms with Crippen molar-refractivity contribution in [2.75, 3.05) is 10.6 Å².